The minimum absolute atomic E-state index is 0.210. The van der Waals surface area contributed by atoms with Crippen molar-refractivity contribution in [3.05, 3.63) is 89.0 Å². The molecular weight excluding hydrogens is 442 g/mol. The number of methoxy groups -OCH3 is 2. The number of esters is 1. The predicted molar refractivity (Wildman–Crippen MR) is 129 cm³/mol. The van der Waals surface area contributed by atoms with Crippen molar-refractivity contribution in [1.82, 2.24) is 0 Å². The molecule has 33 heavy (non-hydrogen) atoms. The van der Waals surface area contributed by atoms with E-state index < -0.39 is 17.8 Å². The molecule has 2 amide bonds. The first-order valence-electron chi connectivity index (χ1n) is 9.71. The number of carbonyl (C=O) groups excluding carboxylic acids is 3. The molecule has 0 saturated heterocycles. The maximum Gasteiger partial charge on any atom is 0.337 e. The van der Waals surface area contributed by atoms with E-state index in [1.807, 2.05) is 0 Å². The molecule has 0 unspecified atom stereocenters. The summed E-state index contributed by atoms with van der Waals surface area (Å²) < 4.78 is 9.86. The van der Waals surface area contributed by atoms with Crippen molar-refractivity contribution in [3.63, 3.8) is 0 Å². The Hall–Kier alpha value is -4.24. The molecule has 3 aromatic carbocycles. The summed E-state index contributed by atoms with van der Waals surface area (Å²) in [7, 11) is 2.78. The maximum atomic E-state index is 12.8. The van der Waals surface area contributed by atoms with Crippen molar-refractivity contribution < 1.29 is 23.9 Å². The molecule has 0 heterocycles. The van der Waals surface area contributed by atoms with E-state index in [0.717, 1.165) is 0 Å². The fraction of sp³-hybridized carbons (Fsp3) is 0.0833. The van der Waals surface area contributed by atoms with Gasteiger partial charge in [-0.1, -0.05) is 24.4 Å². The molecule has 9 heteroatoms. The highest BCUT2D eigenvalue weighted by atomic mass is 32.1. The normalized spacial score (nSPS) is 10.1. The highest BCUT2D eigenvalue weighted by Gasteiger charge is 2.16. The van der Waals surface area contributed by atoms with E-state index in [1.54, 1.807) is 48.5 Å². The fourth-order valence-electron chi connectivity index (χ4n) is 2.92. The molecule has 0 aliphatic rings. The molecule has 8 nitrogen and oxygen atoms in total. The van der Waals surface area contributed by atoms with Gasteiger partial charge in [0.25, 0.3) is 11.8 Å². The van der Waals surface area contributed by atoms with Crippen LogP contribution in [-0.2, 0) is 4.74 Å². The molecule has 3 rings (SSSR count). The van der Waals surface area contributed by atoms with Gasteiger partial charge in [-0.15, -0.1) is 0 Å². The SMILES string of the molecule is COC(=O)c1ccc(NC(=O)c2ccc(C(N)=S)cc2)c(NC(=O)c2ccc(OC)cc2)c1. The van der Waals surface area contributed by atoms with Gasteiger partial charge in [0.1, 0.15) is 10.7 Å². The van der Waals surface area contributed by atoms with Gasteiger partial charge in [-0.3, -0.25) is 9.59 Å². The Bertz CT molecular complexity index is 1210. The summed E-state index contributed by atoms with van der Waals surface area (Å²) >= 11 is 4.92. The molecule has 0 atom stereocenters. The highest BCUT2D eigenvalue weighted by Crippen LogP contribution is 2.26. The first-order chi connectivity index (χ1) is 15.8. The topological polar surface area (TPSA) is 120 Å². The molecule has 0 spiro atoms. The van der Waals surface area contributed by atoms with Crippen LogP contribution < -0.4 is 21.1 Å². The van der Waals surface area contributed by atoms with Gasteiger partial charge < -0.3 is 25.8 Å². The van der Waals surface area contributed by atoms with E-state index in [9.17, 15) is 14.4 Å². The molecule has 0 saturated carbocycles. The van der Waals surface area contributed by atoms with Crippen LogP contribution in [0.3, 0.4) is 0 Å². The van der Waals surface area contributed by atoms with Crippen molar-refractivity contribution in [2.45, 2.75) is 0 Å². The van der Waals surface area contributed by atoms with Gasteiger partial charge in [-0.05, 0) is 54.6 Å². The molecule has 168 valence electrons. The first kappa shape index (κ1) is 23.4. The van der Waals surface area contributed by atoms with Crippen LogP contribution in [0.4, 0.5) is 11.4 Å². The van der Waals surface area contributed by atoms with Crippen molar-refractivity contribution in [2.75, 3.05) is 24.9 Å². The zero-order valence-electron chi connectivity index (χ0n) is 17.9. The van der Waals surface area contributed by atoms with Crippen LogP contribution in [0.5, 0.6) is 5.75 Å². The van der Waals surface area contributed by atoms with Gasteiger partial charge >= 0.3 is 5.97 Å². The average Bonchev–Trinajstić information content (AvgIpc) is 2.84. The molecule has 0 radical (unpaired) electrons. The molecule has 0 aliphatic carbocycles. The monoisotopic (exact) mass is 463 g/mol. The number of carbonyl (C=O) groups is 3. The van der Waals surface area contributed by atoms with Crippen LogP contribution in [0, 0.1) is 0 Å². The Morgan fingerprint density at radius 3 is 1.73 bits per heavy atom. The number of hydrogen-bond acceptors (Lipinski definition) is 6. The van der Waals surface area contributed by atoms with E-state index >= 15 is 0 Å². The van der Waals surface area contributed by atoms with E-state index in [1.165, 1.54) is 32.4 Å². The zero-order chi connectivity index (χ0) is 24.0. The molecule has 0 fully saturated rings. The number of benzene rings is 3. The molecule has 0 bridgehead atoms. The van der Waals surface area contributed by atoms with Crippen molar-refractivity contribution >= 4 is 46.4 Å². The van der Waals surface area contributed by atoms with Gasteiger partial charge in [-0.25, -0.2) is 4.79 Å². The average molecular weight is 464 g/mol. The Morgan fingerprint density at radius 1 is 0.727 bits per heavy atom. The second-order valence-electron chi connectivity index (χ2n) is 6.83. The standard InChI is InChI=1S/C24H21N3O5S/c1-31-18-10-7-16(8-11-18)23(29)27-20-13-17(24(30)32-2)9-12-19(20)26-22(28)15-5-3-14(4-6-15)21(25)33/h3-13H,1-2H3,(H2,25,33)(H,26,28)(H,27,29). The predicted octanol–water partition coefficient (Wildman–Crippen LogP) is 3.62. The lowest BCUT2D eigenvalue weighted by molar-refractivity contribution is 0.0600. The van der Waals surface area contributed by atoms with E-state index in [2.05, 4.69) is 10.6 Å². The molecular formula is C24H21N3O5S. The second kappa shape index (κ2) is 10.4. The third kappa shape index (κ3) is 5.72. The lowest BCUT2D eigenvalue weighted by Crippen LogP contribution is -2.18. The maximum absolute atomic E-state index is 12.8. The van der Waals surface area contributed by atoms with Crippen molar-refractivity contribution in [1.29, 1.82) is 0 Å². The molecule has 4 N–H and O–H groups in total. The number of thiocarbonyl (C=S) groups is 1. The zero-order valence-corrected chi connectivity index (χ0v) is 18.7. The van der Waals surface area contributed by atoms with Crippen molar-refractivity contribution in [2.24, 2.45) is 5.73 Å². The Balaban J connectivity index is 1.88. The van der Waals surface area contributed by atoms with E-state index in [-0.39, 0.29) is 16.2 Å². The Morgan fingerprint density at radius 2 is 1.21 bits per heavy atom. The van der Waals surface area contributed by atoms with Crippen LogP contribution in [0.1, 0.15) is 36.6 Å². The van der Waals surface area contributed by atoms with Gasteiger partial charge in [0, 0.05) is 16.7 Å². The summed E-state index contributed by atoms with van der Waals surface area (Å²) in [6, 6.07) is 17.4. The van der Waals surface area contributed by atoms with E-state index in [0.29, 0.717) is 28.1 Å². The third-order valence-corrected chi connectivity index (χ3v) is 4.96. The lowest BCUT2D eigenvalue weighted by atomic mass is 10.1. The van der Waals surface area contributed by atoms with Crippen LogP contribution in [0.25, 0.3) is 0 Å². The van der Waals surface area contributed by atoms with Gasteiger partial charge in [0.05, 0.1) is 31.2 Å². The highest BCUT2D eigenvalue weighted by molar-refractivity contribution is 7.80. The van der Waals surface area contributed by atoms with Crippen LogP contribution in [0.2, 0.25) is 0 Å². The number of rotatable bonds is 7. The number of amides is 2. The summed E-state index contributed by atoms with van der Waals surface area (Å²) in [4.78, 5) is 37.7. The third-order valence-electron chi connectivity index (χ3n) is 4.72. The summed E-state index contributed by atoms with van der Waals surface area (Å²) in [5.74, 6) is -0.832. The Labute approximate surface area is 195 Å². The molecule has 3 aromatic rings. The summed E-state index contributed by atoms with van der Waals surface area (Å²) in [6.07, 6.45) is 0. The molecule has 0 aromatic heterocycles. The van der Waals surface area contributed by atoms with Gasteiger partial charge in [0.15, 0.2) is 0 Å². The lowest BCUT2D eigenvalue weighted by Gasteiger charge is -2.14. The summed E-state index contributed by atoms with van der Waals surface area (Å²) in [5, 5.41) is 5.47. The summed E-state index contributed by atoms with van der Waals surface area (Å²) in [5.41, 5.74) is 7.69. The minimum atomic E-state index is -0.582. The number of nitrogens with two attached hydrogens (primary N) is 1. The van der Waals surface area contributed by atoms with Crippen LogP contribution >= 0.6 is 12.2 Å². The van der Waals surface area contributed by atoms with Crippen LogP contribution in [0.15, 0.2) is 66.7 Å². The smallest absolute Gasteiger partial charge is 0.337 e. The minimum Gasteiger partial charge on any atom is -0.497 e. The summed E-state index contributed by atoms with van der Waals surface area (Å²) in [6.45, 7) is 0. The Kier molecular flexibility index (Phi) is 7.37. The number of nitrogens with one attached hydrogen (secondary N) is 2. The van der Waals surface area contributed by atoms with Crippen LogP contribution in [-0.4, -0.2) is 37.0 Å². The van der Waals surface area contributed by atoms with Gasteiger partial charge in [-0.2, -0.15) is 0 Å². The number of anilines is 2. The largest absolute Gasteiger partial charge is 0.497 e. The van der Waals surface area contributed by atoms with E-state index in [4.69, 9.17) is 27.4 Å². The van der Waals surface area contributed by atoms with Gasteiger partial charge in [0.2, 0.25) is 0 Å². The first-order valence-corrected chi connectivity index (χ1v) is 10.1. The number of hydrogen-bond donors (Lipinski definition) is 3. The van der Waals surface area contributed by atoms with Crippen molar-refractivity contribution in [3.8, 4) is 5.75 Å². The molecule has 0 aliphatic heterocycles. The second-order valence-corrected chi connectivity index (χ2v) is 7.27. The quantitative estimate of drug-likeness (QED) is 0.362. The number of ether oxygens (including phenoxy) is 2. The fourth-order valence-corrected chi connectivity index (χ4v) is 3.05.